The maximum Gasteiger partial charge on any atom is 0.336 e. The second kappa shape index (κ2) is 7.32. The van der Waals surface area contributed by atoms with Gasteiger partial charge in [0.05, 0.1) is 15.1 Å². The molecule has 29 heavy (non-hydrogen) atoms. The number of ether oxygens (including phenoxy) is 1. The first-order valence-corrected chi connectivity index (χ1v) is 9.23. The largest absolute Gasteiger partial charge is 0.484 e. The van der Waals surface area contributed by atoms with E-state index in [0.717, 1.165) is 22.3 Å². The number of hydrogen-bond donors (Lipinski definition) is 1. The van der Waals surface area contributed by atoms with Crippen LogP contribution < -0.4 is 15.7 Å². The molecule has 0 radical (unpaired) electrons. The lowest BCUT2D eigenvalue weighted by molar-refractivity contribution is -0.384. The number of non-ortho nitro benzene ring substituents is 1. The van der Waals surface area contributed by atoms with Crippen molar-refractivity contribution in [2.24, 2.45) is 0 Å². The Hall–Kier alpha value is -3.79. The number of benzene rings is 2. The van der Waals surface area contributed by atoms with Crippen molar-refractivity contribution >= 4 is 49.2 Å². The minimum Gasteiger partial charge on any atom is -0.484 e. The standard InChI is InChI=1S/C19H13N3O6S/c1-10-6-18(24)28-15-8-12(3-4-13(10)15)27-9-17(23)21-19-20-14-5-2-11(22(25)26)7-16(14)29-19/h2-8H,9H2,1H3,(H,20,21,23). The van der Waals surface area contributed by atoms with E-state index in [4.69, 9.17) is 9.15 Å². The number of aryl methyl sites for hydroxylation is 1. The molecule has 2 heterocycles. The van der Waals surface area contributed by atoms with E-state index in [1.54, 1.807) is 25.1 Å². The van der Waals surface area contributed by atoms with E-state index in [9.17, 15) is 19.7 Å². The van der Waals surface area contributed by atoms with Crippen LogP contribution in [0.2, 0.25) is 0 Å². The van der Waals surface area contributed by atoms with Crippen molar-refractivity contribution in [3.05, 3.63) is 68.6 Å². The highest BCUT2D eigenvalue weighted by Gasteiger charge is 2.13. The lowest BCUT2D eigenvalue weighted by atomic mass is 10.1. The van der Waals surface area contributed by atoms with E-state index >= 15 is 0 Å². The summed E-state index contributed by atoms with van der Waals surface area (Å²) >= 11 is 1.13. The summed E-state index contributed by atoms with van der Waals surface area (Å²) in [5.41, 5.74) is 1.22. The molecule has 1 N–H and O–H groups in total. The second-order valence-corrected chi connectivity index (χ2v) is 7.20. The van der Waals surface area contributed by atoms with Gasteiger partial charge in [0.1, 0.15) is 11.3 Å². The number of aromatic nitrogens is 1. The van der Waals surface area contributed by atoms with Crippen LogP contribution in [0.5, 0.6) is 5.75 Å². The topological polar surface area (TPSA) is 125 Å². The number of nitrogens with one attached hydrogen (secondary N) is 1. The van der Waals surface area contributed by atoms with E-state index < -0.39 is 16.5 Å². The first kappa shape index (κ1) is 18.6. The molecule has 4 rings (SSSR count). The molecule has 2 aromatic carbocycles. The van der Waals surface area contributed by atoms with Gasteiger partial charge in [-0.25, -0.2) is 9.78 Å². The first-order chi connectivity index (χ1) is 13.9. The summed E-state index contributed by atoms with van der Waals surface area (Å²) in [6, 6.07) is 10.7. The van der Waals surface area contributed by atoms with E-state index in [0.29, 0.717) is 26.7 Å². The maximum absolute atomic E-state index is 12.2. The van der Waals surface area contributed by atoms with Crippen molar-refractivity contribution < 1.29 is 18.9 Å². The van der Waals surface area contributed by atoms with Crippen LogP contribution in [0.4, 0.5) is 10.8 Å². The number of carbonyl (C=O) groups excluding carboxylic acids is 1. The highest BCUT2D eigenvalue weighted by molar-refractivity contribution is 7.22. The molecule has 10 heteroatoms. The Bertz CT molecular complexity index is 1330. The van der Waals surface area contributed by atoms with Crippen LogP contribution in [-0.2, 0) is 4.79 Å². The molecule has 0 spiro atoms. The average Bonchev–Trinajstić information content (AvgIpc) is 3.07. The van der Waals surface area contributed by atoms with Gasteiger partial charge in [-0.2, -0.15) is 0 Å². The number of nitrogens with zero attached hydrogens (tertiary/aromatic N) is 2. The van der Waals surface area contributed by atoms with Crippen LogP contribution in [0.15, 0.2) is 51.7 Å². The van der Waals surface area contributed by atoms with E-state index in [1.807, 2.05) is 0 Å². The van der Waals surface area contributed by atoms with Gasteiger partial charge in [0.2, 0.25) is 0 Å². The Morgan fingerprint density at radius 2 is 2.10 bits per heavy atom. The molecule has 2 aromatic heterocycles. The van der Waals surface area contributed by atoms with Crippen LogP contribution in [-0.4, -0.2) is 22.4 Å². The molecule has 0 unspecified atom stereocenters. The minimum atomic E-state index is -0.488. The number of carbonyl (C=O) groups is 1. The monoisotopic (exact) mass is 411 g/mol. The molecule has 0 saturated carbocycles. The molecule has 0 aliphatic heterocycles. The number of thiazole rings is 1. The molecule has 146 valence electrons. The molecule has 0 bridgehead atoms. The lowest BCUT2D eigenvalue weighted by Gasteiger charge is -2.07. The van der Waals surface area contributed by atoms with Crippen molar-refractivity contribution in [1.29, 1.82) is 0 Å². The Kier molecular flexibility index (Phi) is 4.69. The number of anilines is 1. The molecule has 4 aromatic rings. The summed E-state index contributed by atoms with van der Waals surface area (Å²) in [5, 5.41) is 14.5. The summed E-state index contributed by atoms with van der Waals surface area (Å²) in [4.78, 5) is 38.2. The zero-order chi connectivity index (χ0) is 20.5. The number of hydrogen-bond acceptors (Lipinski definition) is 8. The Morgan fingerprint density at radius 1 is 1.28 bits per heavy atom. The summed E-state index contributed by atoms with van der Waals surface area (Å²) < 4.78 is 11.2. The molecular weight excluding hydrogens is 398 g/mol. The zero-order valence-corrected chi connectivity index (χ0v) is 15.8. The summed E-state index contributed by atoms with van der Waals surface area (Å²) in [5.74, 6) is -0.0642. The quantitative estimate of drug-likeness (QED) is 0.302. The molecular formula is C19H13N3O6S. The van der Waals surface area contributed by atoms with Crippen molar-refractivity contribution in [3.63, 3.8) is 0 Å². The second-order valence-electron chi connectivity index (χ2n) is 6.17. The number of nitro benzene ring substituents is 1. The van der Waals surface area contributed by atoms with Crippen molar-refractivity contribution in [3.8, 4) is 5.75 Å². The molecule has 0 saturated heterocycles. The molecule has 1 amide bonds. The smallest absolute Gasteiger partial charge is 0.336 e. The molecule has 0 fully saturated rings. The Balaban J connectivity index is 1.45. The van der Waals surface area contributed by atoms with Gasteiger partial charge in [0.15, 0.2) is 11.7 Å². The Morgan fingerprint density at radius 3 is 2.90 bits per heavy atom. The third kappa shape index (κ3) is 3.92. The molecule has 0 atom stereocenters. The fraction of sp³-hybridized carbons (Fsp3) is 0.105. The highest BCUT2D eigenvalue weighted by Crippen LogP contribution is 2.29. The van der Waals surface area contributed by atoms with Crippen LogP contribution in [0.1, 0.15) is 5.56 Å². The third-order valence-electron chi connectivity index (χ3n) is 4.12. The predicted molar refractivity (Wildman–Crippen MR) is 108 cm³/mol. The minimum absolute atomic E-state index is 0.0412. The summed E-state index contributed by atoms with van der Waals surface area (Å²) in [7, 11) is 0. The highest BCUT2D eigenvalue weighted by atomic mass is 32.1. The van der Waals surface area contributed by atoms with Crippen molar-refractivity contribution in [1.82, 2.24) is 4.98 Å². The van der Waals surface area contributed by atoms with Gasteiger partial charge in [0, 0.05) is 29.7 Å². The maximum atomic E-state index is 12.2. The molecule has 0 aliphatic carbocycles. The average molecular weight is 411 g/mol. The number of rotatable bonds is 5. The van der Waals surface area contributed by atoms with Crippen molar-refractivity contribution in [2.45, 2.75) is 6.92 Å². The number of amides is 1. The Labute approximate surface area is 166 Å². The number of nitro groups is 1. The normalized spacial score (nSPS) is 10.9. The fourth-order valence-corrected chi connectivity index (χ4v) is 3.69. The van der Waals surface area contributed by atoms with Crippen LogP contribution in [0.3, 0.4) is 0 Å². The van der Waals surface area contributed by atoms with Gasteiger partial charge in [-0.15, -0.1) is 0 Å². The fourth-order valence-electron chi connectivity index (χ4n) is 2.78. The predicted octanol–water partition coefficient (Wildman–Crippen LogP) is 3.64. The summed E-state index contributed by atoms with van der Waals surface area (Å²) in [6.45, 7) is 1.53. The zero-order valence-electron chi connectivity index (χ0n) is 15.0. The van der Waals surface area contributed by atoms with E-state index in [2.05, 4.69) is 10.3 Å². The van der Waals surface area contributed by atoms with Gasteiger partial charge < -0.3 is 9.15 Å². The van der Waals surface area contributed by atoms with Gasteiger partial charge in [-0.05, 0) is 30.7 Å². The first-order valence-electron chi connectivity index (χ1n) is 8.41. The molecule has 0 aliphatic rings. The van der Waals surface area contributed by atoms with Crippen LogP contribution in [0, 0.1) is 17.0 Å². The van der Waals surface area contributed by atoms with Gasteiger partial charge in [-0.3, -0.25) is 20.2 Å². The van der Waals surface area contributed by atoms with Crippen LogP contribution >= 0.6 is 11.3 Å². The van der Waals surface area contributed by atoms with E-state index in [1.165, 1.54) is 24.3 Å². The summed E-state index contributed by atoms with van der Waals surface area (Å²) in [6.07, 6.45) is 0. The third-order valence-corrected chi connectivity index (χ3v) is 5.06. The molecule has 9 nitrogen and oxygen atoms in total. The van der Waals surface area contributed by atoms with Gasteiger partial charge in [-0.1, -0.05) is 11.3 Å². The van der Waals surface area contributed by atoms with Gasteiger partial charge in [0.25, 0.3) is 11.6 Å². The van der Waals surface area contributed by atoms with Crippen molar-refractivity contribution in [2.75, 3.05) is 11.9 Å². The van der Waals surface area contributed by atoms with Crippen LogP contribution in [0.25, 0.3) is 21.2 Å². The SMILES string of the molecule is Cc1cc(=O)oc2cc(OCC(=O)Nc3nc4ccc([N+](=O)[O-])cc4s3)ccc12. The number of fused-ring (bicyclic) bond motifs is 2. The van der Waals surface area contributed by atoms with E-state index in [-0.39, 0.29) is 12.3 Å². The van der Waals surface area contributed by atoms with Gasteiger partial charge >= 0.3 is 5.63 Å². The lowest BCUT2D eigenvalue weighted by Crippen LogP contribution is -2.20.